The van der Waals surface area contributed by atoms with Gasteiger partial charge < -0.3 is 15.7 Å². The van der Waals surface area contributed by atoms with Crippen molar-refractivity contribution in [3.8, 4) is 0 Å². The summed E-state index contributed by atoms with van der Waals surface area (Å²) in [5.74, 6) is 0.510. The molecule has 2 fully saturated rings. The highest BCUT2D eigenvalue weighted by Crippen LogP contribution is 2.42. The molecule has 1 aliphatic carbocycles. The minimum atomic E-state index is -0.246. The van der Waals surface area contributed by atoms with Gasteiger partial charge in [0.05, 0.1) is 5.41 Å². The zero-order chi connectivity index (χ0) is 10.9. The van der Waals surface area contributed by atoms with Gasteiger partial charge in [0.2, 0.25) is 5.91 Å². The van der Waals surface area contributed by atoms with Gasteiger partial charge in [-0.2, -0.15) is 0 Å². The molecule has 0 aromatic rings. The quantitative estimate of drug-likeness (QED) is 0.689. The smallest absolute Gasteiger partial charge is 0.230 e. The molecule has 1 atom stereocenters. The number of carbonyl (C=O) groups is 1. The fourth-order valence-corrected chi connectivity index (χ4v) is 2.61. The molecule has 0 aromatic heterocycles. The van der Waals surface area contributed by atoms with Crippen LogP contribution in [-0.4, -0.2) is 42.2 Å². The van der Waals surface area contributed by atoms with E-state index in [2.05, 4.69) is 0 Å². The first-order valence-corrected chi connectivity index (χ1v) is 5.82. The molecule has 1 heterocycles. The molecule has 1 unspecified atom stereocenters. The van der Waals surface area contributed by atoms with Crippen molar-refractivity contribution in [2.24, 2.45) is 17.1 Å². The summed E-state index contributed by atoms with van der Waals surface area (Å²) in [6.07, 6.45) is 3.95. The summed E-state index contributed by atoms with van der Waals surface area (Å²) in [4.78, 5) is 14.1. The van der Waals surface area contributed by atoms with Crippen LogP contribution >= 0.6 is 0 Å². The maximum absolute atomic E-state index is 12.2. The van der Waals surface area contributed by atoms with Crippen molar-refractivity contribution in [1.82, 2.24) is 4.90 Å². The van der Waals surface area contributed by atoms with E-state index in [0.717, 1.165) is 38.8 Å². The molecular formula is C11H20N2O2. The lowest BCUT2D eigenvalue weighted by molar-refractivity contribution is -0.145. The highest BCUT2D eigenvalue weighted by Gasteiger charge is 2.46. The van der Waals surface area contributed by atoms with Gasteiger partial charge in [0, 0.05) is 32.2 Å². The standard InChI is InChI=1S/C11H20N2O2/c12-8-11(3-1-4-11)10(15)13-5-2-9(6-13)7-14/h9,14H,1-8,12H2. The SMILES string of the molecule is NCC1(C(=O)N2CCC(CO)C2)CCC1. The molecule has 0 bridgehead atoms. The Kier molecular flexibility index (Phi) is 2.98. The summed E-state index contributed by atoms with van der Waals surface area (Å²) in [5.41, 5.74) is 5.46. The third-order valence-electron chi connectivity index (χ3n) is 3.99. The predicted octanol–water partition coefficient (Wildman–Crippen LogP) is -0.0438. The lowest BCUT2D eigenvalue weighted by atomic mass is 9.68. The van der Waals surface area contributed by atoms with Crippen molar-refractivity contribution >= 4 is 5.91 Å². The third-order valence-corrected chi connectivity index (χ3v) is 3.99. The Morgan fingerprint density at radius 1 is 1.53 bits per heavy atom. The summed E-state index contributed by atoms with van der Waals surface area (Å²) in [6.45, 7) is 2.19. The summed E-state index contributed by atoms with van der Waals surface area (Å²) in [6, 6.07) is 0. The number of hydrogen-bond acceptors (Lipinski definition) is 3. The zero-order valence-electron chi connectivity index (χ0n) is 9.11. The van der Waals surface area contributed by atoms with Crippen LogP contribution in [0.2, 0.25) is 0 Å². The van der Waals surface area contributed by atoms with Crippen LogP contribution in [0.1, 0.15) is 25.7 Å². The van der Waals surface area contributed by atoms with E-state index in [0.29, 0.717) is 6.54 Å². The molecule has 1 aliphatic heterocycles. The summed E-state index contributed by atoms with van der Waals surface area (Å²) in [7, 11) is 0. The van der Waals surface area contributed by atoms with Gasteiger partial charge in [-0.25, -0.2) is 0 Å². The Labute approximate surface area is 90.4 Å². The third kappa shape index (κ3) is 1.76. The molecule has 0 spiro atoms. The lowest BCUT2D eigenvalue weighted by Gasteiger charge is -2.41. The van der Waals surface area contributed by atoms with Gasteiger partial charge in [-0.1, -0.05) is 6.42 Å². The second-order valence-corrected chi connectivity index (χ2v) is 4.93. The molecule has 0 radical (unpaired) electrons. The van der Waals surface area contributed by atoms with Crippen LogP contribution in [0.5, 0.6) is 0 Å². The van der Waals surface area contributed by atoms with Crippen LogP contribution < -0.4 is 5.73 Å². The Morgan fingerprint density at radius 2 is 2.27 bits per heavy atom. The summed E-state index contributed by atoms with van der Waals surface area (Å²) >= 11 is 0. The van der Waals surface area contributed by atoms with Gasteiger partial charge in [0.1, 0.15) is 0 Å². The highest BCUT2D eigenvalue weighted by molar-refractivity contribution is 5.84. The number of likely N-dealkylation sites (tertiary alicyclic amines) is 1. The second-order valence-electron chi connectivity index (χ2n) is 4.93. The molecular weight excluding hydrogens is 192 g/mol. The fourth-order valence-electron chi connectivity index (χ4n) is 2.61. The molecule has 86 valence electrons. The Bertz CT molecular complexity index is 245. The van der Waals surface area contributed by atoms with E-state index in [1.165, 1.54) is 0 Å². The second kappa shape index (κ2) is 4.10. The van der Waals surface area contributed by atoms with E-state index >= 15 is 0 Å². The average Bonchev–Trinajstić information content (AvgIpc) is 2.64. The fraction of sp³-hybridized carbons (Fsp3) is 0.909. The van der Waals surface area contributed by atoms with Crippen molar-refractivity contribution in [3.63, 3.8) is 0 Å². The summed E-state index contributed by atoms with van der Waals surface area (Å²) in [5, 5.41) is 9.03. The number of rotatable bonds is 3. The molecule has 1 saturated heterocycles. The van der Waals surface area contributed by atoms with Crippen molar-refractivity contribution < 1.29 is 9.90 Å². The van der Waals surface area contributed by atoms with E-state index in [4.69, 9.17) is 10.8 Å². The maximum Gasteiger partial charge on any atom is 0.230 e. The average molecular weight is 212 g/mol. The molecule has 4 heteroatoms. The molecule has 0 aromatic carbocycles. The van der Waals surface area contributed by atoms with Gasteiger partial charge in [0.15, 0.2) is 0 Å². The normalized spacial score (nSPS) is 28.9. The van der Waals surface area contributed by atoms with Crippen molar-refractivity contribution in [1.29, 1.82) is 0 Å². The summed E-state index contributed by atoms with van der Waals surface area (Å²) < 4.78 is 0. The van der Waals surface area contributed by atoms with E-state index in [9.17, 15) is 4.79 Å². The maximum atomic E-state index is 12.2. The number of aliphatic hydroxyl groups excluding tert-OH is 1. The predicted molar refractivity (Wildman–Crippen MR) is 57.1 cm³/mol. The van der Waals surface area contributed by atoms with Crippen LogP contribution in [0, 0.1) is 11.3 Å². The van der Waals surface area contributed by atoms with Gasteiger partial charge in [-0.3, -0.25) is 4.79 Å². The minimum Gasteiger partial charge on any atom is -0.396 e. The van der Waals surface area contributed by atoms with Crippen molar-refractivity contribution in [2.75, 3.05) is 26.2 Å². The first-order chi connectivity index (χ1) is 7.22. The Balaban J connectivity index is 1.96. The molecule has 1 saturated carbocycles. The molecule has 15 heavy (non-hydrogen) atoms. The van der Waals surface area contributed by atoms with Gasteiger partial charge in [-0.15, -0.1) is 0 Å². The van der Waals surface area contributed by atoms with E-state index in [1.54, 1.807) is 0 Å². The number of nitrogens with zero attached hydrogens (tertiary/aromatic N) is 1. The van der Waals surface area contributed by atoms with Crippen LogP contribution in [-0.2, 0) is 4.79 Å². The minimum absolute atomic E-state index is 0.194. The van der Waals surface area contributed by atoms with Crippen LogP contribution in [0.25, 0.3) is 0 Å². The van der Waals surface area contributed by atoms with E-state index in [-0.39, 0.29) is 23.8 Å². The van der Waals surface area contributed by atoms with Crippen molar-refractivity contribution in [2.45, 2.75) is 25.7 Å². The van der Waals surface area contributed by atoms with Gasteiger partial charge in [0.25, 0.3) is 0 Å². The largest absolute Gasteiger partial charge is 0.396 e. The first-order valence-electron chi connectivity index (χ1n) is 5.82. The Hall–Kier alpha value is -0.610. The molecule has 2 rings (SSSR count). The van der Waals surface area contributed by atoms with Gasteiger partial charge in [-0.05, 0) is 19.3 Å². The van der Waals surface area contributed by atoms with E-state index in [1.807, 2.05) is 4.90 Å². The lowest BCUT2D eigenvalue weighted by Crippen LogP contribution is -2.51. The number of carbonyl (C=O) groups excluding carboxylic acids is 1. The van der Waals surface area contributed by atoms with Crippen molar-refractivity contribution in [3.05, 3.63) is 0 Å². The van der Waals surface area contributed by atoms with Gasteiger partial charge >= 0.3 is 0 Å². The zero-order valence-corrected chi connectivity index (χ0v) is 9.11. The molecule has 2 aliphatic rings. The Morgan fingerprint density at radius 3 is 2.67 bits per heavy atom. The van der Waals surface area contributed by atoms with Crippen LogP contribution in [0.3, 0.4) is 0 Å². The first kappa shape index (κ1) is 10.9. The van der Waals surface area contributed by atoms with Crippen LogP contribution in [0.15, 0.2) is 0 Å². The number of amides is 1. The topological polar surface area (TPSA) is 66.6 Å². The highest BCUT2D eigenvalue weighted by atomic mass is 16.3. The number of hydrogen-bond donors (Lipinski definition) is 2. The molecule has 1 amide bonds. The number of aliphatic hydroxyl groups is 1. The molecule has 3 N–H and O–H groups in total. The van der Waals surface area contributed by atoms with E-state index < -0.39 is 0 Å². The van der Waals surface area contributed by atoms with Crippen LogP contribution in [0.4, 0.5) is 0 Å². The number of nitrogens with two attached hydrogens (primary N) is 1. The molecule has 4 nitrogen and oxygen atoms in total. The monoisotopic (exact) mass is 212 g/mol.